The summed E-state index contributed by atoms with van der Waals surface area (Å²) in [6.07, 6.45) is -3.07. The zero-order valence-corrected chi connectivity index (χ0v) is 15.5. The van der Waals surface area contributed by atoms with Gasteiger partial charge in [0.2, 0.25) is 0 Å². The average Bonchev–Trinajstić information content (AvgIpc) is 3.27. The molecule has 0 aliphatic rings. The Kier molecular flexibility index (Phi) is 4.72. The molecule has 1 N–H and O–H groups in total. The Bertz CT molecular complexity index is 1240. The number of benzene rings is 1. The smallest absolute Gasteiger partial charge is 0.304 e. The van der Waals surface area contributed by atoms with Crippen LogP contribution in [0.3, 0.4) is 0 Å². The van der Waals surface area contributed by atoms with Crippen molar-refractivity contribution in [3.05, 3.63) is 77.1 Å². The molecule has 3 aromatic heterocycles. The number of amides is 1. The average molecular weight is 418 g/mol. The molecule has 7 nitrogen and oxygen atoms in total. The number of carbonyl (C=O) groups excluding carboxylic acids is 1. The molecule has 0 atom stereocenters. The van der Waals surface area contributed by atoms with Crippen molar-refractivity contribution in [3.63, 3.8) is 0 Å². The zero-order chi connectivity index (χ0) is 21.5. The van der Waals surface area contributed by atoms with E-state index in [0.717, 1.165) is 6.07 Å². The van der Waals surface area contributed by atoms with Gasteiger partial charge in [-0.3, -0.25) is 9.48 Å². The van der Waals surface area contributed by atoms with Crippen molar-refractivity contribution < 1.29 is 22.4 Å². The normalized spacial score (nSPS) is 11.8. The van der Waals surface area contributed by atoms with Gasteiger partial charge in [0.25, 0.3) is 5.91 Å². The van der Waals surface area contributed by atoms with E-state index in [1.165, 1.54) is 35.9 Å². The number of aryl methyl sites for hydroxylation is 1. The highest BCUT2D eigenvalue weighted by atomic mass is 19.4. The van der Waals surface area contributed by atoms with Gasteiger partial charge in [-0.15, -0.1) is 0 Å². The van der Waals surface area contributed by atoms with Gasteiger partial charge in [-0.05, 0) is 30.7 Å². The summed E-state index contributed by atoms with van der Waals surface area (Å²) >= 11 is 0. The summed E-state index contributed by atoms with van der Waals surface area (Å²) in [6, 6.07) is 9.53. The molecule has 0 radical (unpaired) electrons. The van der Waals surface area contributed by atoms with Gasteiger partial charge in [-0.25, -0.2) is 13.9 Å². The van der Waals surface area contributed by atoms with Crippen molar-refractivity contribution in [1.82, 2.24) is 24.4 Å². The van der Waals surface area contributed by atoms with Crippen molar-refractivity contribution in [3.8, 4) is 0 Å². The predicted octanol–water partition coefficient (Wildman–Crippen LogP) is 3.69. The van der Waals surface area contributed by atoms with E-state index in [0.29, 0.717) is 10.1 Å². The number of hydrogen-bond donors (Lipinski definition) is 1. The fourth-order valence-corrected chi connectivity index (χ4v) is 2.93. The Morgan fingerprint density at radius 2 is 1.93 bits per heavy atom. The van der Waals surface area contributed by atoms with Crippen LogP contribution in [0.4, 0.5) is 23.4 Å². The van der Waals surface area contributed by atoms with Crippen LogP contribution in [0.25, 0.3) is 5.65 Å². The maximum absolute atomic E-state index is 13.3. The van der Waals surface area contributed by atoms with Gasteiger partial charge in [-0.2, -0.15) is 23.4 Å². The minimum atomic E-state index is -4.65. The largest absolute Gasteiger partial charge is 0.433 e. The number of fused-ring (bicyclic) bond motifs is 1. The van der Waals surface area contributed by atoms with E-state index >= 15 is 0 Å². The van der Waals surface area contributed by atoms with Crippen LogP contribution in [0, 0.1) is 12.7 Å². The number of nitrogens with one attached hydrogen (secondary N) is 1. The Morgan fingerprint density at radius 1 is 1.13 bits per heavy atom. The fourth-order valence-electron chi connectivity index (χ4n) is 2.93. The number of carbonyl (C=O) groups is 1. The number of rotatable bonds is 4. The summed E-state index contributed by atoms with van der Waals surface area (Å²) in [5.41, 5.74) is -0.527. The lowest BCUT2D eigenvalue weighted by Gasteiger charge is -2.09. The number of nitrogens with zero attached hydrogens (tertiary/aromatic N) is 5. The molecule has 30 heavy (non-hydrogen) atoms. The van der Waals surface area contributed by atoms with Gasteiger partial charge < -0.3 is 5.32 Å². The highest BCUT2D eigenvalue weighted by Crippen LogP contribution is 2.29. The molecule has 0 saturated heterocycles. The van der Waals surface area contributed by atoms with Crippen LogP contribution in [-0.4, -0.2) is 30.3 Å². The van der Waals surface area contributed by atoms with Crippen molar-refractivity contribution in [1.29, 1.82) is 0 Å². The van der Waals surface area contributed by atoms with Gasteiger partial charge in [-0.1, -0.05) is 12.1 Å². The molecule has 11 heteroatoms. The summed E-state index contributed by atoms with van der Waals surface area (Å²) in [4.78, 5) is 16.4. The van der Waals surface area contributed by atoms with Crippen LogP contribution < -0.4 is 5.32 Å². The molecule has 0 aliphatic carbocycles. The number of anilines is 1. The molecule has 0 bridgehead atoms. The summed E-state index contributed by atoms with van der Waals surface area (Å²) in [5, 5.41) is 10.4. The summed E-state index contributed by atoms with van der Waals surface area (Å²) in [5.74, 6) is -0.932. The van der Waals surface area contributed by atoms with Crippen molar-refractivity contribution in [2.45, 2.75) is 19.6 Å². The molecule has 0 fully saturated rings. The minimum absolute atomic E-state index is 0.0934. The quantitative estimate of drug-likeness (QED) is 0.513. The Labute approximate surface area is 167 Å². The maximum Gasteiger partial charge on any atom is 0.433 e. The summed E-state index contributed by atoms with van der Waals surface area (Å²) < 4.78 is 55.1. The number of aromatic nitrogens is 5. The molecule has 0 saturated carbocycles. The number of halogens is 4. The number of alkyl halides is 3. The molecule has 154 valence electrons. The molecule has 0 unspecified atom stereocenters. The third-order valence-corrected chi connectivity index (χ3v) is 4.19. The molecule has 4 rings (SSSR count). The standard InChI is InChI=1S/C19H14F4N6O/c1-11-7-15(19(21,22)23)29-17(24-11)9-14(26-29)18(30)25-16-5-6-28(27-16)10-12-3-2-4-13(20)8-12/h2-9H,10H2,1H3,(H,25,27,30). The molecule has 4 aromatic rings. The van der Waals surface area contributed by atoms with E-state index in [9.17, 15) is 22.4 Å². The highest BCUT2D eigenvalue weighted by molar-refractivity contribution is 6.02. The van der Waals surface area contributed by atoms with Gasteiger partial charge in [0, 0.05) is 24.0 Å². The van der Waals surface area contributed by atoms with Crippen molar-refractivity contribution in [2.75, 3.05) is 5.32 Å². The molecule has 1 amide bonds. The maximum atomic E-state index is 13.3. The topological polar surface area (TPSA) is 77.1 Å². The monoisotopic (exact) mass is 418 g/mol. The first kappa shape index (κ1) is 19.6. The van der Waals surface area contributed by atoms with E-state index in [-0.39, 0.29) is 35.2 Å². The Morgan fingerprint density at radius 3 is 2.67 bits per heavy atom. The second kappa shape index (κ2) is 7.25. The Hall–Kier alpha value is -3.76. The minimum Gasteiger partial charge on any atom is -0.304 e. The van der Waals surface area contributed by atoms with Gasteiger partial charge in [0.15, 0.2) is 17.2 Å². The molecule has 0 spiro atoms. The SMILES string of the molecule is Cc1cc(C(F)(F)F)n2nc(C(=O)Nc3ccn(Cc4cccc(F)c4)n3)cc2n1. The van der Waals surface area contributed by atoms with E-state index < -0.39 is 17.8 Å². The highest BCUT2D eigenvalue weighted by Gasteiger charge is 2.35. The van der Waals surface area contributed by atoms with E-state index in [1.54, 1.807) is 18.3 Å². The third kappa shape index (κ3) is 4.00. The lowest BCUT2D eigenvalue weighted by molar-refractivity contribution is -0.142. The number of hydrogen-bond acceptors (Lipinski definition) is 4. The van der Waals surface area contributed by atoms with Crippen LogP contribution in [0.1, 0.15) is 27.4 Å². The van der Waals surface area contributed by atoms with Crippen LogP contribution in [0.5, 0.6) is 0 Å². The third-order valence-electron chi connectivity index (χ3n) is 4.19. The molecule has 1 aromatic carbocycles. The molecule has 3 heterocycles. The lowest BCUT2D eigenvalue weighted by atomic mass is 10.2. The van der Waals surface area contributed by atoms with Crippen molar-refractivity contribution >= 4 is 17.4 Å². The second-order valence-corrected chi connectivity index (χ2v) is 6.56. The first-order valence-corrected chi connectivity index (χ1v) is 8.73. The molecular weight excluding hydrogens is 404 g/mol. The Balaban J connectivity index is 1.54. The summed E-state index contributed by atoms with van der Waals surface area (Å²) in [7, 11) is 0. The van der Waals surface area contributed by atoms with Crippen molar-refractivity contribution in [2.24, 2.45) is 0 Å². The van der Waals surface area contributed by atoms with E-state index in [2.05, 4.69) is 20.5 Å². The predicted molar refractivity (Wildman–Crippen MR) is 98.4 cm³/mol. The van der Waals surface area contributed by atoms with Crippen LogP contribution >= 0.6 is 0 Å². The van der Waals surface area contributed by atoms with Gasteiger partial charge in [0.05, 0.1) is 6.54 Å². The lowest BCUT2D eigenvalue weighted by Crippen LogP contribution is -2.16. The van der Waals surface area contributed by atoms with Gasteiger partial charge >= 0.3 is 6.18 Å². The first-order valence-electron chi connectivity index (χ1n) is 8.73. The molecule has 0 aliphatic heterocycles. The zero-order valence-electron chi connectivity index (χ0n) is 15.5. The van der Waals surface area contributed by atoms with E-state index in [1.807, 2.05) is 0 Å². The fraction of sp³-hybridized carbons (Fsp3) is 0.158. The molecular formula is C19H14F4N6O. The summed E-state index contributed by atoms with van der Waals surface area (Å²) in [6.45, 7) is 1.70. The van der Waals surface area contributed by atoms with E-state index in [4.69, 9.17) is 0 Å². The van der Waals surface area contributed by atoms with Crippen LogP contribution in [0.2, 0.25) is 0 Å². The van der Waals surface area contributed by atoms with Crippen LogP contribution in [-0.2, 0) is 12.7 Å². The van der Waals surface area contributed by atoms with Crippen LogP contribution in [0.15, 0.2) is 48.7 Å². The second-order valence-electron chi connectivity index (χ2n) is 6.56. The van der Waals surface area contributed by atoms with Gasteiger partial charge in [0.1, 0.15) is 11.5 Å². The first-order chi connectivity index (χ1) is 14.2.